The van der Waals surface area contributed by atoms with Crippen LogP contribution in [0.25, 0.3) is 0 Å². The summed E-state index contributed by atoms with van der Waals surface area (Å²) in [6, 6.07) is 7.08. The summed E-state index contributed by atoms with van der Waals surface area (Å²) in [5.74, 6) is 0. The third-order valence-electron chi connectivity index (χ3n) is 1.80. The molecule has 1 unspecified atom stereocenters. The summed E-state index contributed by atoms with van der Waals surface area (Å²) in [4.78, 5) is 10.6. The molecule has 0 spiro atoms. The van der Waals surface area contributed by atoms with Crippen LogP contribution in [0.1, 0.15) is 0 Å². The molecule has 1 N–H and O–H groups in total. The fourth-order valence-electron chi connectivity index (χ4n) is 1.17. The molecule has 1 heterocycles. The Morgan fingerprint density at radius 1 is 1.57 bits per heavy atom. The average Bonchev–Trinajstić information content (AvgIpc) is 2.65. The Morgan fingerprint density at radius 2 is 2.43 bits per heavy atom. The van der Waals surface area contributed by atoms with Gasteiger partial charge in [0.25, 0.3) is 0 Å². The molecule has 0 aromatic heterocycles. The lowest BCUT2D eigenvalue weighted by Gasteiger charge is -2.18. The van der Waals surface area contributed by atoms with Gasteiger partial charge in [0.1, 0.15) is 0 Å². The Morgan fingerprint density at radius 3 is 3.14 bits per heavy atom. The van der Waals surface area contributed by atoms with Crippen LogP contribution in [0.3, 0.4) is 0 Å². The summed E-state index contributed by atoms with van der Waals surface area (Å²) in [6.45, 7) is 0. The van der Waals surface area contributed by atoms with E-state index in [0.717, 1.165) is 5.69 Å². The standard InChI is InChI=1S/C8H7ClN4O/c9-6-2-1-3-7(4-6)13-8(5-14)10-11-12-13/h1-5,8H,(H,10,12). The summed E-state index contributed by atoms with van der Waals surface area (Å²) >= 11 is 5.81. The number of hydrogen-bond acceptors (Lipinski definition) is 5. The number of nitrogens with zero attached hydrogens (tertiary/aromatic N) is 3. The summed E-state index contributed by atoms with van der Waals surface area (Å²) in [5.41, 5.74) is 3.35. The van der Waals surface area contributed by atoms with Crippen molar-refractivity contribution in [2.75, 3.05) is 5.01 Å². The first kappa shape index (κ1) is 8.96. The predicted octanol–water partition coefficient (Wildman–Crippen LogP) is 1.56. The fourth-order valence-corrected chi connectivity index (χ4v) is 1.35. The molecule has 0 bridgehead atoms. The van der Waals surface area contributed by atoms with Gasteiger partial charge in [-0.25, -0.2) is 5.01 Å². The molecule has 0 amide bonds. The lowest BCUT2D eigenvalue weighted by atomic mass is 10.3. The number of anilines is 1. The van der Waals surface area contributed by atoms with Crippen LogP contribution >= 0.6 is 11.6 Å². The third kappa shape index (κ3) is 1.54. The smallest absolute Gasteiger partial charge is 0.219 e. The highest BCUT2D eigenvalue weighted by atomic mass is 35.5. The molecular weight excluding hydrogens is 204 g/mol. The lowest BCUT2D eigenvalue weighted by molar-refractivity contribution is -0.108. The topological polar surface area (TPSA) is 57.1 Å². The van der Waals surface area contributed by atoms with Crippen molar-refractivity contribution in [3.63, 3.8) is 0 Å². The van der Waals surface area contributed by atoms with Crippen molar-refractivity contribution in [3.8, 4) is 0 Å². The molecule has 1 aromatic rings. The van der Waals surface area contributed by atoms with Crippen molar-refractivity contribution in [2.24, 2.45) is 10.3 Å². The van der Waals surface area contributed by atoms with Crippen LogP contribution in [0.4, 0.5) is 5.69 Å². The summed E-state index contributed by atoms with van der Waals surface area (Å²) < 4.78 is 0. The van der Waals surface area contributed by atoms with Gasteiger partial charge in [-0.1, -0.05) is 22.9 Å². The second-order valence-electron chi connectivity index (χ2n) is 2.72. The van der Waals surface area contributed by atoms with Crippen molar-refractivity contribution >= 4 is 23.6 Å². The van der Waals surface area contributed by atoms with Gasteiger partial charge < -0.3 is 0 Å². The highest BCUT2D eigenvalue weighted by Crippen LogP contribution is 2.21. The van der Waals surface area contributed by atoms with Gasteiger partial charge in [0.05, 0.1) is 5.69 Å². The molecule has 6 heteroatoms. The number of carbonyl (C=O) groups is 1. The molecule has 0 saturated heterocycles. The van der Waals surface area contributed by atoms with Crippen LogP contribution in [0, 0.1) is 0 Å². The summed E-state index contributed by atoms with van der Waals surface area (Å²) in [6.07, 6.45) is 0.0817. The van der Waals surface area contributed by atoms with Gasteiger partial charge in [-0.2, -0.15) is 5.53 Å². The molecule has 2 rings (SSSR count). The zero-order valence-corrected chi connectivity index (χ0v) is 7.85. The number of aldehydes is 1. The number of hydrogen-bond donors (Lipinski definition) is 1. The van der Waals surface area contributed by atoms with Gasteiger partial charge >= 0.3 is 0 Å². The molecule has 14 heavy (non-hydrogen) atoms. The molecule has 5 nitrogen and oxygen atoms in total. The van der Waals surface area contributed by atoms with Gasteiger partial charge in [-0.3, -0.25) is 4.79 Å². The zero-order valence-electron chi connectivity index (χ0n) is 7.09. The van der Waals surface area contributed by atoms with Gasteiger partial charge in [0.15, 0.2) is 6.29 Å². The van der Waals surface area contributed by atoms with E-state index in [1.54, 1.807) is 18.2 Å². The number of rotatable bonds is 2. The van der Waals surface area contributed by atoms with E-state index < -0.39 is 6.17 Å². The maximum atomic E-state index is 10.6. The van der Waals surface area contributed by atoms with Crippen molar-refractivity contribution in [1.29, 1.82) is 0 Å². The third-order valence-corrected chi connectivity index (χ3v) is 2.04. The molecule has 72 valence electrons. The van der Waals surface area contributed by atoms with E-state index in [0.29, 0.717) is 11.3 Å². The van der Waals surface area contributed by atoms with E-state index in [1.807, 2.05) is 6.07 Å². The van der Waals surface area contributed by atoms with E-state index in [-0.39, 0.29) is 0 Å². The minimum absolute atomic E-state index is 0.598. The van der Waals surface area contributed by atoms with Crippen molar-refractivity contribution in [2.45, 2.75) is 6.17 Å². The van der Waals surface area contributed by atoms with Crippen LogP contribution in [0.2, 0.25) is 5.02 Å². The minimum Gasteiger partial charge on any atom is -0.299 e. The Kier molecular flexibility index (Phi) is 2.32. The molecule has 1 aromatic carbocycles. The van der Waals surface area contributed by atoms with Crippen molar-refractivity contribution in [3.05, 3.63) is 29.3 Å². The maximum absolute atomic E-state index is 10.6. The minimum atomic E-state index is -0.617. The summed E-state index contributed by atoms with van der Waals surface area (Å²) in [5, 5.41) is 9.34. The zero-order chi connectivity index (χ0) is 9.97. The molecule has 1 atom stereocenters. The highest BCUT2D eigenvalue weighted by molar-refractivity contribution is 6.30. The first-order valence-electron chi connectivity index (χ1n) is 3.97. The number of carbonyl (C=O) groups excluding carboxylic acids is 1. The molecule has 1 aliphatic heterocycles. The highest BCUT2D eigenvalue weighted by Gasteiger charge is 2.22. The second kappa shape index (κ2) is 3.63. The van der Waals surface area contributed by atoms with E-state index >= 15 is 0 Å². The predicted molar refractivity (Wildman–Crippen MR) is 51.8 cm³/mol. The Labute approximate surface area is 85.3 Å². The van der Waals surface area contributed by atoms with Crippen molar-refractivity contribution < 1.29 is 4.79 Å². The van der Waals surface area contributed by atoms with Crippen LogP contribution < -0.4 is 10.5 Å². The molecular formula is C8H7ClN4O. The number of halogens is 1. The monoisotopic (exact) mass is 210 g/mol. The molecule has 0 fully saturated rings. The van der Waals surface area contributed by atoms with E-state index in [1.165, 1.54) is 5.01 Å². The first-order valence-corrected chi connectivity index (χ1v) is 4.34. The number of nitrogens with one attached hydrogen (secondary N) is 1. The van der Waals surface area contributed by atoms with Gasteiger partial charge in [0, 0.05) is 5.02 Å². The van der Waals surface area contributed by atoms with Gasteiger partial charge in [0.2, 0.25) is 6.17 Å². The Hall–Kier alpha value is -1.62. The first-order chi connectivity index (χ1) is 6.81. The quantitative estimate of drug-likeness (QED) is 0.754. The molecule has 0 radical (unpaired) electrons. The van der Waals surface area contributed by atoms with Crippen LogP contribution in [0.15, 0.2) is 34.6 Å². The van der Waals surface area contributed by atoms with Crippen LogP contribution in [-0.2, 0) is 4.79 Å². The normalized spacial score (nSPS) is 19.5. The second-order valence-corrected chi connectivity index (χ2v) is 3.15. The Balaban J connectivity index is 2.27. The molecule has 0 saturated carbocycles. The Bertz CT molecular complexity index is 381. The largest absolute Gasteiger partial charge is 0.299 e. The molecule has 0 aliphatic carbocycles. The fraction of sp³-hybridized carbons (Fsp3) is 0.125. The maximum Gasteiger partial charge on any atom is 0.219 e. The van der Waals surface area contributed by atoms with Crippen LogP contribution in [0.5, 0.6) is 0 Å². The van der Waals surface area contributed by atoms with E-state index in [4.69, 9.17) is 11.6 Å². The lowest BCUT2D eigenvalue weighted by Crippen LogP contribution is -2.38. The van der Waals surface area contributed by atoms with E-state index in [2.05, 4.69) is 15.9 Å². The number of hydrazine groups is 1. The molecule has 1 aliphatic rings. The SMILES string of the molecule is O=CC1N=NNN1c1cccc(Cl)c1. The average molecular weight is 211 g/mol. The van der Waals surface area contributed by atoms with Crippen molar-refractivity contribution in [1.82, 2.24) is 5.53 Å². The summed E-state index contributed by atoms with van der Waals surface area (Å²) in [7, 11) is 0. The van der Waals surface area contributed by atoms with Gasteiger partial charge in [-0.05, 0) is 18.2 Å². The van der Waals surface area contributed by atoms with Gasteiger partial charge in [-0.15, -0.1) is 5.11 Å². The van der Waals surface area contributed by atoms with E-state index in [9.17, 15) is 4.79 Å². The number of benzene rings is 1. The van der Waals surface area contributed by atoms with Crippen LogP contribution in [-0.4, -0.2) is 12.5 Å².